The van der Waals surface area contributed by atoms with Gasteiger partial charge in [0, 0.05) is 31.1 Å². The Morgan fingerprint density at radius 2 is 1.96 bits per heavy atom. The van der Waals surface area contributed by atoms with Crippen LogP contribution in [-0.4, -0.2) is 32.8 Å². The van der Waals surface area contributed by atoms with Crippen molar-refractivity contribution in [1.29, 1.82) is 0 Å². The second-order valence-corrected chi connectivity index (χ2v) is 6.20. The van der Waals surface area contributed by atoms with E-state index in [1.54, 1.807) is 18.5 Å². The van der Waals surface area contributed by atoms with Crippen molar-refractivity contribution in [2.75, 3.05) is 18.0 Å². The number of rotatable bonds is 4. The monoisotopic (exact) mass is 315 g/mol. The molecular weight excluding hydrogens is 294 g/mol. The lowest BCUT2D eigenvalue weighted by molar-refractivity contribution is -0.384. The van der Waals surface area contributed by atoms with Crippen LogP contribution in [0.1, 0.15) is 44.5 Å². The fourth-order valence-corrected chi connectivity index (χ4v) is 3.21. The van der Waals surface area contributed by atoms with Crippen molar-refractivity contribution in [2.45, 2.75) is 38.6 Å². The minimum atomic E-state index is -0.309. The first-order chi connectivity index (χ1) is 11.1. The van der Waals surface area contributed by atoms with E-state index < -0.39 is 0 Å². The molecule has 23 heavy (non-hydrogen) atoms. The van der Waals surface area contributed by atoms with Gasteiger partial charge in [-0.15, -0.1) is 10.2 Å². The van der Waals surface area contributed by atoms with Gasteiger partial charge in [-0.25, -0.2) is 0 Å². The molecule has 0 aliphatic carbocycles. The Labute approximate surface area is 135 Å². The molecule has 1 aromatic carbocycles. The number of hydrogen-bond donors (Lipinski definition) is 0. The number of nitro groups is 1. The lowest BCUT2D eigenvalue weighted by atomic mass is 9.95. The van der Waals surface area contributed by atoms with Gasteiger partial charge in [-0.2, -0.15) is 0 Å². The van der Waals surface area contributed by atoms with Gasteiger partial charge in [0.2, 0.25) is 0 Å². The predicted octanol–water partition coefficient (Wildman–Crippen LogP) is 3.15. The van der Waals surface area contributed by atoms with Crippen molar-refractivity contribution >= 4 is 11.4 Å². The molecule has 0 saturated carbocycles. The molecule has 0 N–H and O–H groups in total. The summed E-state index contributed by atoms with van der Waals surface area (Å²) in [5, 5.41) is 19.5. The molecule has 1 fully saturated rings. The van der Waals surface area contributed by atoms with Gasteiger partial charge < -0.3 is 9.47 Å². The molecular formula is C16H21N5O2. The van der Waals surface area contributed by atoms with Gasteiger partial charge in [0.25, 0.3) is 5.69 Å². The van der Waals surface area contributed by atoms with Crippen LogP contribution in [0, 0.1) is 10.1 Å². The van der Waals surface area contributed by atoms with Crippen LogP contribution in [0.25, 0.3) is 0 Å². The van der Waals surface area contributed by atoms with Gasteiger partial charge in [-0.05, 0) is 32.8 Å². The number of nitro benzene ring substituents is 1. The molecule has 0 unspecified atom stereocenters. The molecule has 3 rings (SSSR count). The molecule has 2 heterocycles. The minimum Gasteiger partial charge on any atom is -0.366 e. The van der Waals surface area contributed by atoms with Gasteiger partial charge in [0.05, 0.1) is 4.92 Å². The third-order valence-corrected chi connectivity index (χ3v) is 4.44. The Morgan fingerprint density at radius 1 is 1.26 bits per heavy atom. The zero-order valence-electron chi connectivity index (χ0n) is 13.4. The third-order valence-electron chi connectivity index (χ3n) is 4.44. The Morgan fingerprint density at radius 3 is 2.61 bits per heavy atom. The van der Waals surface area contributed by atoms with Crippen LogP contribution in [0.5, 0.6) is 0 Å². The summed E-state index contributed by atoms with van der Waals surface area (Å²) in [5.41, 5.74) is 0.887. The first-order valence-corrected chi connectivity index (χ1v) is 7.95. The molecule has 2 aromatic rings. The van der Waals surface area contributed by atoms with Crippen molar-refractivity contribution in [3.8, 4) is 0 Å². The summed E-state index contributed by atoms with van der Waals surface area (Å²) in [7, 11) is 0. The summed E-state index contributed by atoms with van der Waals surface area (Å²) in [6.45, 7) is 5.82. The number of hydrogen-bond acceptors (Lipinski definition) is 5. The highest BCUT2D eigenvalue weighted by Crippen LogP contribution is 2.34. The number of para-hydroxylation sites is 2. The van der Waals surface area contributed by atoms with E-state index in [1.807, 2.05) is 12.1 Å². The fraction of sp³-hybridized carbons (Fsp3) is 0.500. The Kier molecular flexibility index (Phi) is 4.27. The molecule has 1 aliphatic rings. The Hall–Kier alpha value is -2.44. The molecule has 0 atom stereocenters. The SMILES string of the molecule is CC(C)n1cnnc1C1CCN(c2ccccc2[N+](=O)[O-])CC1. The van der Waals surface area contributed by atoms with E-state index in [4.69, 9.17) is 0 Å². The standard InChI is InChI=1S/C16H21N5O2/c1-12(2)20-11-17-18-16(20)13-7-9-19(10-8-13)14-5-3-4-6-15(14)21(22)23/h3-6,11-13H,7-10H2,1-2H3. The highest BCUT2D eigenvalue weighted by Gasteiger charge is 2.28. The summed E-state index contributed by atoms with van der Waals surface area (Å²) < 4.78 is 2.12. The Bertz CT molecular complexity index is 689. The van der Waals surface area contributed by atoms with Crippen molar-refractivity contribution < 1.29 is 4.92 Å². The van der Waals surface area contributed by atoms with Crippen molar-refractivity contribution in [3.63, 3.8) is 0 Å². The van der Waals surface area contributed by atoms with E-state index in [-0.39, 0.29) is 10.6 Å². The van der Waals surface area contributed by atoms with Crippen LogP contribution in [0.15, 0.2) is 30.6 Å². The van der Waals surface area contributed by atoms with E-state index in [0.717, 1.165) is 31.8 Å². The van der Waals surface area contributed by atoms with Crippen LogP contribution < -0.4 is 4.90 Å². The number of nitrogens with zero attached hydrogens (tertiary/aromatic N) is 5. The quantitative estimate of drug-likeness (QED) is 0.640. The summed E-state index contributed by atoms with van der Waals surface area (Å²) in [6, 6.07) is 7.29. The topological polar surface area (TPSA) is 77.1 Å². The highest BCUT2D eigenvalue weighted by atomic mass is 16.6. The van der Waals surface area contributed by atoms with Crippen LogP contribution >= 0.6 is 0 Å². The van der Waals surface area contributed by atoms with E-state index in [2.05, 4.69) is 33.5 Å². The predicted molar refractivity (Wildman–Crippen MR) is 87.7 cm³/mol. The summed E-state index contributed by atoms with van der Waals surface area (Å²) in [5.74, 6) is 1.39. The molecule has 0 spiro atoms. The molecule has 0 radical (unpaired) electrons. The number of anilines is 1. The second-order valence-electron chi connectivity index (χ2n) is 6.20. The molecule has 122 valence electrons. The molecule has 1 saturated heterocycles. The molecule has 1 aromatic heterocycles. The lowest BCUT2D eigenvalue weighted by Crippen LogP contribution is -2.34. The zero-order valence-corrected chi connectivity index (χ0v) is 13.4. The highest BCUT2D eigenvalue weighted by molar-refractivity contribution is 5.63. The molecule has 1 aliphatic heterocycles. The second kappa shape index (κ2) is 6.36. The maximum Gasteiger partial charge on any atom is 0.292 e. The first-order valence-electron chi connectivity index (χ1n) is 7.95. The first kappa shape index (κ1) is 15.5. The van der Waals surface area contributed by atoms with Crippen LogP contribution in [0.2, 0.25) is 0 Å². The zero-order chi connectivity index (χ0) is 16.4. The summed E-state index contributed by atoms with van der Waals surface area (Å²) in [6.07, 6.45) is 3.64. The van der Waals surface area contributed by atoms with Gasteiger partial charge in [-0.3, -0.25) is 10.1 Å². The summed E-state index contributed by atoms with van der Waals surface area (Å²) >= 11 is 0. The minimum absolute atomic E-state index is 0.177. The maximum atomic E-state index is 11.2. The van der Waals surface area contributed by atoms with Gasteiger partial charge in [0.1, 0.15) is 17.8 Å². The number of benzene rings is 1. The van der Waals surface area contributed by atoms with Crippen molar-refractivity contribution in [2.24, 2.45) is 0 Å². The average molecular weight is 315 g/mol. The molecule has 7 heteroatoms. The van der Waals surface area contributed by atoms with E-state index >= 15 is 0 Å². The lowest BCUT2D eigenvalue weighted by Gasteiger charge is -2.33. The number of aromatic nitrogens is 3. The van der Waals surface area contributed by atoms with Crippen LogP contribution in [0.3, 0.4) is 0 Å². The third kappa shape index (κ3) is 3.04. The largest absolute Gasteiger partial charge is 0.366 e. The molecule has 0 amide bonds. The normalized spacial score (nSPS) is 16.0. The number of piperidine rings is 1. The van der Waals surface area contributed by atoms with E-state index in [0.29, 0.717) is 17.6 Å². The molecule has 7 nitrogen and oxygen atoms in total. The maximum absolute atomic E-state index is 11.2. The fourth-order valence-electron chi connectivity index (χ4n) is 3.21. The van der Waals surface area contributed by atoms with Crippen molar-refractivity contribution in [3.05, 3.63) is 46.5 Å². The summed E-state index contributed by atoms with van der Waals surface area (Å²) in [4.78, 5) is 13.0. The van der Waals surface area contributed by atoms with E-state index in [1.165, 1.54) is 0 Å². The van der Waals surface area contributed by atoms with Crippen LogP contribution in [-0.2, 0) is 0 Å². The van der Waals surface area contributed by atoms with Gasteiger partial charge in [0.15, 0.2) is 0 Å². The smallest absolute Gasteiger partial charge is 0.292 e. The van der Waals surface area contributed by atoms with Gasteiger partial charge >= 0.3 is 0 Å². The van der Waals surface area contributed by atoms with Gasteiger partial charge in [-0.1, -0.05) is 12.1 Å². The van der Waals surface area contributed by atoms with Crippen LogP contribution in [0.4, 0.5) is 11.4 Å². The van der Waals surface area contributed by atoms with E-state index in [9.17, 15) is 10.1 Å². The average Bonchev–Trinajstić information content (AvgIpc) is 3.05. The Balaban J connectivity index is 1.74. The van der Waals surface area contributed by atoms with Crippen molar-refractivity contribution in [1.82, 2.24) is 14.8 Å². The molecule has 0 bridgehead atoms.